The molecule has 2 rings (SSSR count). The van der Waals surface area contributed by atoms with E-state index in [9.17, 15) is 9.50 Å². The number of halogens is 1. The van der Waals surface area contributed by atoms with E-state index < -0.39 is 0 Å². The second-order valence-electron chi connectivity index (χ2n) is 4.61. The first-order valence-corrected chi connectivity index (χ1v) is 6.42. The first kappa shape index (κ1) is 13.6. The van der Waals surface area contributed by atoms with E-state index in [4.69, 9.17) is 0 Å². The van der Waals surface area contributed by atoms with Crippen molar-refractivity contribution in [3.63, 3.8) is 0 Å². The van der Waals surface area contributed by atoms with Crippen LogP contribution in [0.15, 0.2) is 48.5 Å². The summed E-state index contributed by atoms with van der Waals surface area (Å²) >= 11 is 0. The third-order valence-corrected chi connectivity index (χ3v) is 3.18. The van der Waals surface area contributed by atoms with Crippen LogP contribution in [0.1, 0.15) is 24.1 Å². The summed E-state index contributed by atoms with van der Waals surface area (Å²) in [4.78, 5) is 0. The van der Waals surface area contributed by atoms with Crippen molar-refractivity contribution in [2.45, 2.75) is 19.4 Å². The summed E-state index contributed by atoms with van der Waals surface area (Å²) < 4.78 is 12.8. The van der Waals surface area contributed by atoms with Crippen molar-refractivity contribution >= 4 is 0 Å². The average Bonchev–Trinajstić information content (AvgIpc) is 2.41. The number of hydrogen-bond acceptors (Lipinski definition) is 2. The van der Waals surface area contributed by atoms with Crippen LogP contribution >= 0.6 is 0 Å². The maximum atomic E-state index is 12.8. The number of benzene rings is 2. The van der Waals surface area contributed by atoms with E-state index in [-0.39, 0.29) is 11.9 Å². The lowest BCUT2D eigenvalue weighted by Crippen LogP contribution is -2.21. The molecule has 0 aromatic heterocycles. The number of rotatable bonds is 5. The molecule has 1 atom stereocenters. The number of phenols is 1. The number of phenolic OH excluding ortho intramolecular Hbond substituents is 1. The fraction of sp³-hybridized carbons (Fsp3) is 0.250. The molecule has 0 amide bonds. The average molecular weight is 259 g/mol. The van der Waals surface area contributed by atoms with E-state index >= 15 is 0 Å². The third kappa shape index (κ3) is 3.80. The molecule has 0 aliphatic heterocycles. The molecule has 0 aliphatic rings. The van der Waals surface area contributed by atoms with Gasteiger partial charge in [0, 0.05) is 11.6 Å². The molecule has 1 unspecified atom stereocenters. The van der Waals surface area contributed by atoms with Crippen molar-refractivity contribution in [2.75, 3.05) is 6.54 Å². The van der Waals surface area contributed by atoms with E-state index in [2.05, 4.69) is 5.32 Å². The Labute approximate surface area is 112 Å². The molecule has 2 N–H and O–H groups in total. The molecule has 2 aromatic carbocycles. The summed E-state index contributed by atoms with van der Waals surface area (Å²) in [6.07, 6.45) is 0.832. The predicted molar refractivity (Wildman–Crippen MR) is 74.6 cm³/mol. The Kier molecular flexibility index (Phi) is 4.53. The van der Waals surface area contributed by atoms with Gasteiger partial charge in [-0.25, -0.2) is 4.39 Å². The van der Waals surface area contributed by atoms with Gasteiger partial charge in [-0.2, -0.15) is 0 Å². The van der Waals surface area contributed by atoms with E-state index in [1.165, 1.54) is 12.1 Å². The topological polar surface area (TPSA) is 32.3 Å². The Balaban J connectivity index is 1.86. The Morgan fingerprint density at radius 2 is 1.79 bits per heavy atom. The van der Waals surface area contributed by atoms with Crippen LogP contribution in [0.4, 0.5) is 4.39 Å². The molecule has 100 valence electrons. The lowest BCUT2D eigenvalue weighted by atomic mass is 10.1. The van der Waals surface area contributed by atoms with Gasteiger partial charge >= 0.3 is 0 Å². The van der Waals surface area contributed by atoms with Crippen molar-refractivity contribution in [1.82, 2.24) is 5.32 Å². The van der Waals surface area contributed by atoms with Gasteiger partial charge in [-0.1, -0.05) is 30.3 Å². The molecule has 19 heavy (non-hydrogen) atoms. The van der Waals surface area contributed by atoms with Gasteiger partial charge in [-0.05, 0) is 43.7 Å². The molecule has 0 bridgehead atoms. The zero-order valence-corrected chi connectivity index (χ0v) is 10.9. The highest BCUT2D eigenvalue weighted by molar-refractivity contribution is 5.34. The standard InChI is InChI=1S/C16H18FNO/c1-12(15-4-2-3-5-16(15)19)18-11-10-13-6-8-14(17)9-7-13/h2-9,12,18-19H,10-11H2,1H3. The summed E-state index contributed by atoms with van der Waals surface area (Å²) in [5.41, 5.74) is 1.99. The lowest BCUT2D eigenvalue weighted by Gasteiger charge is -2.15. The summed E-state index contributed by atoms with van der Waals surface area (Å²) in [6.45, 7) is 2.79. The molecule has 0 saturated carbocycles. The van der Waals surface area contributed by atoms with Gasteiger partial charge in [0.15, 0.2) is 0 Å². The minimum Gasteiger partial charge on any atom is -0.508 e. The SMILES string of the molecule is CC(NCCc1ccc(F)cc1)c1ccccc1O. The molecule has 2 nitrogen and oxygen atoms in total. The van der Waals surface area contributed by atoms with Gasteiger partial charge in [0.25, 0.3) is 0 Å². The highest BCUT2D eigenvalue weighted by atomic mass is 19.1. The zero-order chi connectivity index (χ0) is 13.7. The lowest BCUT2D eigenvalue weighted by molar-refractivity contribution is 0.453. The molecule has 0 spiro atoms. The maximum Gasteiger partial charge on any atom is 0.123 e. The summed E-state index contributed by atoms with van der Waals surface area (Å²) in [7, 11) is 0. The Hall–Kier alpha value is -1.87. The van der Waals surface area contributed by atoms with E-state index in [0.29, 0.717) is 5.75 Å². The van der Waals surface area contributed by atoms with Crippen LogP contribution < -0.4 is 5.32 Å². The minimum absolute atomic E-state index is 0.0849. The highest BCUT2D eigenvalue weighted by Gasteiger charge is 2.08. The summed E-state index contributed by atoms with van der Waals surface area (Å²) in [5.74, 6) is 0.101. The summed E-state index contributed by atoms with van der Waals surface area (Å²) in [6, 6.07) is 13.9. The number of aromatic hydroxyl groups is 1. The molecule has 0 aliphatic carbocycles. The van der Waals surface area contributed by atoms with Crippen LogP contribution in [0, 0.1) is 5.82 Å². The van der Waals surface area contributed by atoms with Gasteiger partial charge in [0.1, 0.15) is 11.6 Å². The quantitative estimate of drug-likeness (QED) is 0.862. The normalized spacial score (nSPS) is 12.3. The molecule has 2 aromatic rings. The Morgan fingerprint density at radius 1 is 1.11 bits per heavy atom. The van der Waals surface area contributed by atoms with Gasteiger partial charge < -0.3 is 10.4 Å². The second kappa shape index (κ2) is 6.34. The van der Waals surface area contributed by atoms with Crippen LogP contribution in [-0.4, -0.2) is 11.7 Å². The van der Waals surface area contributed by atoms with Crippen molar-refractivity contribution < 1.29 is 9.50 Å². The summed E-state index contributed by atoms with van der Waals surface area (Å²) in [5, 5.41) is 13.1. The second-order valence-corrected chi connectivity index (χ2v) is 4.61. The molecular weight excluding hydrogens is 241 g/mol. The molecule has 3 heteroatoms. The van der Waals surface area contributed by atoms with Crippen LogP contribution in [0.3, 0.4) is 0 Å². The first-order chi connectivity index (χ1) is 9.16. The molecular formula is C16H18FNO. The number of hydrogen-bond donors (Lipinski definition) is 2. The third-order valence-electron chi connectivity index (χ3n) is 3.18. The molecule has 0 radical (unpaired) electrons. The Morgan fingerprint density at radius 3 is 2.47 bits per heavy atom. The van der Waals surface area contributed by atoms with E-state index in [1.54, 1.807) is 18.2 Å². The smallest absolute Gasteiger partial charge is 0.123 e. The predicted octanol–water partition coefficient (Wildman–Crippen LogP) is 3.42. The van der Waals surface area contributed by atoms with Gasteiger partial charge in [-0.15, -0.1) is 0 Å². The minimum atomic E-state index is -0.209. The van der Waals surface area contributed by atoms with Crippen LogP contribution in [0.25, 0.3) is 0 Å². The van der Waals surface area contributed by atoms with Crippen LogP contribution in [0.2, 0.25) is 0 Å². The highest BCUT2D eigenvalue weighted by Crippen LogP contribution is 2.22. The first-order valence-electron chi connectivity index (χ1n) is 6.42. The van der Waals surface area contributed by atoms with Crippen molar-refractivity contribution in [3.8, 4) is 5.75 Å². The van der Waals surface area contributed by atoms with Gasteiger partial charge in [0.2, 0.25) is 0 Å². The molecule has 0 saturated heterocycles. The number of nitrogens with one attached hydrogen (secondary N) is 1. The monoisotopic (exact) mass is 259 g/mol. The van der Waals surface area contributed by atoms with Crippen LogP contribution in [-0.2, 0) is 6.42 Å². The van der Waals surface area contributed by atoms with E-state index in [1.807, 2.05) is 25.1 Å². The van der Waals surface area contributed by atoms with Crippen molar-refractivity contribution in [2.24, 2.45) is 0 Å². The molecule has 0 heterocycles. The zero-order valence-electron chi connectivity index (χ0n) is 10.9. The molecule has 0 fully saturated rings. The maximum absolute atomic E-state index is 12.8. The van der Waals surface area contributed by atoms with E-state index in [0.717, 1.165) is 24.1 Å². The van der Waals surface area contributed by atoms with Gasteiger partial charge in [0.05, 0.1) is 0 Å². The van der Waals surface area contributed by atoms with Crippen molar-refractivity contribution in [3.05, 3.63) is 65.5 Å². The number of para-hydroxylation sites is 1. The Bertz CT molecular complexity index is 525. The van der Waals surface area contributed by atoms with Crippen molar-refractivity contribution in [1.29, 1.82) is 0 Å². The fourth-order valence-corrected chi connectivity index (χ4v) is 2.05. The van der Waals surface area contributed by atoms with Crippen LogP contribution in [0.5, 0.6) is 5.75 Å². The fourth-order valence-electron chi connectivity index (χ4n) is 2.05. The van der Waals surface area contributed by atoms with Gasteiger partial charge in [-0.3, -0.25) is 0 Å². The largest absolute Gasteiger partial charge is 0.508 e.